The Morgan fingerprint density at radius 1 is 1.75 bits per heavy atom. The van der Waals surface area contributed by atoms with E-state index in [1.54, 1.807) is 11.3 Å². The van der Waals surface area contributed by atoms with E-state index in [9.17, 15) is 0 Å². The average Bonchev–Trinajstić information content (AvgIpc) is 1.85. The van der Waals surface area contributed by atoms with E-state index in [0.717, 1.165) is 10.6 Å². The molecule has 0 aliphatic heterocycles. The second-order valence-electron chi connectivity index (χ2n) is 1.75. The Morgan fingerprint density at radius 3 is 2.50 bits per heavy atom. The molecular weight excluding hydrogens is 118 g/mol. The van der Waals surface area contributed by atoms with Gasteiger partial charge >= 0.3 is 0 Å². The molecule has 0 saturated heterocycles. The fourth-order valence-electron chi connectivity index (χ4n) is 0.585. The highest BCUT2D eigenvalue weighted by Gasteiger charge is 1.94. The Kier molecular flexibility index (Phi) is 1.26. The monoisotopic (exact) mass is 126 g/mol. The molecule has 2 N–H and O–H groups in total. The standard InChI is InChI=1S/C6H8NS/c1-4-3-5(2)8-6(4)7/h3H,1,7H2,2H3. The molecule has 0 bridgehead atoms. The van der Waals surface area contributed by atoms with Gasteiger partial charge in [-0.15, -0.1) is 11.3 Å². The maximum atomic E-state index is 5.50. The molecule has 1 heterocycles. The molecule has 0 saturated carbocycles. The molecule has 0 aliphatic carbocycles. The van der Waals surface area contributed by atoms with Crippen LogP contribution in [0.2, 0.25) is 0 Å². The number of thiophene rings is 1. The van der Waals surface area contributed by atoms with Gasteiger partial charge in [-0.25, -0.2) is 0 Å². The average molecular weight is 126 g/mol. The topological polar surface area (TPSA) is 26.0 Å². The normalized spacial score (nSPS) is 9.75. The van der Waals surface area contributed by atoms with Crippen LogP contribution in [-0.4, -0.2) is 0 Å². The van der Waals surface area contributed by atoms with Crippen molar-refractivity contribution >= 4 is 16.3 Å². The maximum absolute atomic E-state index is 5.50. The zero-order chi connectivity index (χ0) is 6.15. The molecule has 1 nitrogen and oxygen atoms in total. The summed E-state index contributed by atoms with van der Waals surface area (Å²) in [7, 11) is 0. The van der Waals surface area contributed by atoms with Gasteiger partial charge in [0.2, 0.25) is 0 Å². The summed E-state index contributed by atoms with van der Waals surface area (Å²) >= 11 is 1.58. The predicted octanol–water partition coefficient (Wildman–Crippen LogP) is 1.82. The van der Waals surface area contributed by atoms with Crippen molar-refractivity contribution in [3.8, 4) is 0 Å². The summed E-state index contributed by atoms with van der Waals surface area (Å²) in [6, 6.07) is 1.99. The summed E-state index contributed by atoms with van der Waals surface area (Å²) in [6.07, 6.45) is 0. The number of hydrogen-bond acceptors (Lipinski definition) is 2. The Hall–Kier alpha value is -0.500. The minimum atomic E-state index is 0.836. The van der Waals surface area contributed by atoms with Crippen molar-refractivity contribution in [2.75, 3.05) is 5.73 Å². The molecule has 8 heavy (non-hydrogen) atoms. The molecule has 1 aromatic heterocycles. The van der Waals surface area contributed by atoms with Gasteiger partial charge in [0.05, 0.1) is 5.00 Å². The Balaban J connectivity index is 3.14. The first-order valence-electron chi connectivity index (χ1n) is 2.38. The quantitative estimate of drug-likeness (QED) is 0.563. The number of rotatable bonds is 0. The van der Waals surface area contributed by atoms with Gasteiger partial charge in [-0.1, -0.05) is 0 Å². The van der Waals surface area contributed by atoms with Crippen molar-refractivity contribution < 1.29 is 0 Å². The van der Waals surface area contributed by atoms with Gasteiger partial charge in [0.25, 0.3) is 0 Å². The molecule has 0 unspecified atom stereocenters. The first kappa shape index (κ1) is 5.63. The van der Waals surface area contributed by atoms with E-state index < -0.39 is 0 Å². The van der Waals surface area contributed by atoms with Gasteiger partial charge in [-0.2, -0.15) is 0 Å². The van der Waals surface area contributed by atoms with Crippen LogP contribution in [-0.2, 0) is 0 Å². The molecule has 2 heteroatoms. The summed E-state index contributed by atoms with van der Waals surface area (Å²) < 4.78 is 0. The lowest BCUT2D eigenvalue weighted by Gasteiger charge is -1.80. The van der Waals surface area contributed by atoms with Crippen molar-refractivity contribution in [1.29, 1.82) is 0 Å². The molecular formula is C6H8NS. The number of aryl methyl sites for hydroxylation is 1. The van der Waals surface area contributed by atoms with E-state index in [4.69, 9.17) is 5.73 Å². The Morgan fingerprint density at radius 2 is 2.38 bits per heavy atom. The minimum Gasteiger partial charge on any atom is -0.390 e. The summed E-state index contributed by atoms with van der Waals surface area (Å²) in [5.74, 6) is 0. The fraction of sp³-hybridized carbons (Fsp3) is 0.167. The molecule has 0 atom stereocenters. The first-order chi connectivity index (χ1) is 3.70. The van der Waals surface area contributed by atoms with Gasteiger partial charge in [0.15, 0.2) is 0 Å². The lowest BCUT2D eigenvalue weighted by Crippen LogP contribution is -1.78. The van der Waals surface area contributed by atoms with E-state index in [1.165, 1.54) is 4.88 Å². The molecule has 1 aromatic rings. The molecule has 1 radical (unpaired) electrons. The van der Waals surface area contributed by atoms with Crippen molar-refractivity contribution in [1.82, 2.24) is 0 Å². The molecule has 43 valence electrons. The van der Waals surface area contributed by atoms with Crippen LogP contribution in [0.1, 0.15) is 10.4 Å². The number of hydrogen-bond donors (Lipinski definition) is 1. The zero-order valence-corrected chi connectivity index (χ0v) is 5.59. The van der Waals surface area contributed by atoms with Gasteiger partial charge in [0, 0.05) is 4.88 Å². The van der Waals surface area contributed by atoms with Crippen LogP contribution in [0.4, 0.5) is 5.00 Å². The highest BCUT2D eigenvalue weighted by molar-refractivity contribution is 7.16. The van der Waals surface area contributed by atoms with Gasteiger partial charge in [-0.3, -0.25) is 0 Å². The zero-order valence-electron chi connectivity index (χ0n) is 4.77. The molecule has 0 spiro atoms. The van der Waals surface area contributed by atoms with Gasteiger partial charge in [-0.05, 0) is 25.5 Å². The molecule has 1 rings (SSSR count). The van der Waals surface area contributed by atoms with Crippen LogP contribution < -0.4 is 5.73 Å². The summed E-state index contributed by atoms with van der Waals surface area (Å²) in [5, 5.41) is 0.836. The van der Waals surface area contributed by atoms with Crippen LogP contribution in [0, 0.1) is 13.8 Å². The van der Waals surface area contributed by atoms with Crippen LogP contribution in [0.25, 0.3) is 0 Å². The summed E-state index contributed by atoms with van der Waals surface area (Å²) in [6.45, 7) is 5.75. The Bertz CT molecular complexity index is 171. The maximum Gasteiger partial charge on any atom is 0.0891 e. The summed E-state index contributed by atoms with van der Waals surface area (Å²) in [5.41, 5.74) is 6.45. The first-order valence-corrected chi connectivity index (χ1v) is 3.19. The van der Waals surface area contributed by atoms with Gasteiger partial charge in [0.1, 0.15) is 0 Å². The minimum absolute atomic E-state index is 0.836. The summed E-state index contributed by atoms with van der Waals surface area (Å²) in [4.78, 5) is 1.23. The van der Waals surface area contributed by atoms with E-state index in [0.29, 0.717) is 0 Å². The highest BCUT2D eigenvalue weighted by Crippen LogP contribution is 2.22. The van der Waals surface area contributed by atoms with E-state index in [-0.39, 0.29) is 0 Å². The molecule has 0 aliphatic rings. The third-order valence-corrected chi connectivity index (χ3v) is 1.89. The second-order valence-corrected chi connectivity index (χ2v) is 3.03. The molecule has 0 amide bonds. The number of nitrogen functional groups attached to an aromatic ring is 1. The number of anilines is 1. The molecule has 0 fully saturated rings. The van der Waals surface area contributed by atoms with E-state index in [1.807, 2.05) is 13.0 Å². The predicted molar refractivity (Wildman–Crippen MR) is 37.9 cm³/mol. The second kappa shape index (κ2) is 1.78. The van der Waals surface area contributed by atoms with E-state index >= 15 is 0 Å². The van der Waals surface area contributed by atoms with Crippen molar-refractivity contribution in [2.45, 2.75) is 6.92 Å². The smallest absolute Gasteiger partial charge is 0.0891 e. The largest absolute Gasteiger partial charge is 0.390 e. The lowest BCUT2D eigenvalue weighted by molar-refractivity contribution is 1.61. The highest BCUT2D eigenvalue weighted by atomic mass is 32.1. The van der Waals surface area contributed by atoms with Gasteiger partial charge < -0.3 is 5.73 Å². The lowest BCUT2D eigenvalue weighted by atomic mass is 10.3. The van der Waals surface area contributed by atoms with Crippen molar-refractivity contribution in [2.24, 2.45) is 0 Å². The van der Waals surface area contributed by atoms with Crippen molar-refractivity contribution in [3.05, 3.63) is 23.4 Å². The SMILES string of the molecule is [CH2]c1cc(C)sc1N. The fourth-order valence-corrected chi connectivity index (χ4v) is 1.32. The van der Waals surface area contributed by atoms with Crippen LogP contribution in [0.3, 0.4) is 0 Å². The Labute approximate surface area is 53.1 Å². The van der Waals surface area contributed by atoms with Crippen molar-refractivity contribution in [3.63, 3.8) is 0 Å². The van der Waals surface area contributed by atoms with E-state index in [2.05, 4.69) is 6.92 Å². The van der Waals surface area contributed by atoms with Crippen LogP contribution in [0.5, 0.6) is 0 Å². The van der Waals surface area contributed by atoms with Crippen LogP contribution in [0.15, 0.2) is 6.07 Å². The molecule has 0 aromatic carbocycles. The number of nitrogens with two attached hydrogens (primary N) is 1. The van der Waals surface area contributed by atoms with Crippen LogP contribution >= 0.6 is 11.3 Å². The third kappa shape index (κ3) is 0.842. The third-order valence-electron chi connectivity index (χ3n) is 0.965.